The van der Waals surface area contributed by atoms with E-state index in [1.54, 1.807) is 25.5 Å². The molecule has 2 aromatic heterocycles. The van der Waals surface area contributed by atoms with Crippen LogP contribution in [0.15, 0.2) is 81.6 Å². The number of nitrogens with one attached hydrogen (secondary N) is 1. The molecule has 0 spiro atoms. The maximum atomic E-state index is 13.8. The van der Waals surface area contributed by atoms with Crippen molar-refractivity contribution < 1.29 is 18.1 Å². The van der Waals surface area contributed by atoms with Crippen molar-refractivity contribution in [1.82, 2.24) is 20.4 Å². The van der Waals surface area contributed by atoms with E-state index in [1.807, 2.05) is 48.2 Å². The number of furan rings is 1. The number of allylic oxidation sites excluding steroid dienone is 1. The average Bonchev–Trinajstić information content (AvgIpc) is 3.54. The van der Waals surface area contributed by atoms with E-state index in [2.05, 4.69) is 15.5 Å². The Kier molecular flexibility index (Phi) is 5.85. The number of nitrogens with zero attached hydrogens (tertiary/aromatic N) is 3. The summed E-state index contributed by atoms with van der Waals surface area (Å²) in [5.41, 5.74) is 3.08. The third-order valence-corrected chi connectivity index (χ3v) is 6.02. The van der Waals surface area contributed by atoms with Gasteiger partial charge < -0.3 is 23.9 Å². The van der Waals surface area contributed by atoms with E-state index in [1.165, 1.54) is 12.1 Å². The molecular weight excluding hydrogens is 455 g/mol. The molecule has 1 atom stereocenters. The van der Waals surface area contributed by atoms with Gasteiger partial charge in [0.15, 0.2) is 5.11 Å². The monoisotopic (exact) mass is 476 g/mol. The number of hydrogen-bond donors (Lipinski definition) is 1. The van der Waals surface area contributed by atoms with Crippen LogP contribution < -0.4 is 10.1 Å². The molecular formula is C25H21FN4O3S. The van der Waals surface area contributed by atoms with Crippen LogP contribution in [0.5, 0.6) is 5.75 Å². The lowest BCUT2D eigenvalue weighted by Crippen LogP contribution is -2.45. The maximum absolute atomic E-state index is 13.8. The number of rotatable bonds is 6. The number of methoxy groups -OCH3 is 1. The third-order valence-electron chi connectivity index (χ3n) is 5.68. The zero-order chi connectivity index (χ0) is 23.7. The summed E-state index contributed by atoms with van der Waals surface area (Å²) >= 11 is 5.71. The molecule has 9 heteroatoms. The predicted octanol–water partition coefficient (Wildman–Crippen LogP) is 5.34. The summed E-state index contributed by atoms with van der Waals surface area (Å²) in [7, 11) is 1.62. The van der Waals surface area contributed by atoms with E-state index in [4.69, 9.17) is 25.9 Å². The molecule has 0 fully saturated rings. The first-order chi connectivity index (χ1) is 16.5. The highest BCUT2D eigenvalue weighted by Crippen LogP contribution is 2.38. The maximum Gasteiger partial charge on any atom is 0.258 e. The number of halogens is 1. The first kappa shape index (κ1) is 21.8. The number of ether oxygens (including phenoxy) is 1. The van der Waals surface area contributed by atoms with Crippen molar-refractivity contribution in [1.29, 1.82) is 0 Å². The Morgan fingerprint density at radius 2 is 1.97 bits per heavy atom. The molecule has 4 aromatic rings. The van der Waals surface area contributed by atoms with E-state index < -0.39 is 0 Å². The summed E-state index contributed by atoms with van der Waals surface area (Å²) in [6, 6.07) is 17.1. The van der Waals surface area contributed by atoms with Gasteiger partial charge in [-0.3, -0.25) is 0 Å². The normalized spacial score (nSPS) is 16.0. The van der Waals surface area contributed by atoms with Crippen LogP contribution in [-0.4, -0.2) is 27.3 Å². The average molecular weight is 477 g/mol. The Labute approximate surface area is 200 Å². The molecule has 0 saturated heterocycles. The van der Waals surface area contributed by atoms with E-state index in [0.29, 0.717) is 28.9 Å². The number of thiocarbonyl (C=S) groups is 1. The summed E-state index contributed by atoms with van der Waals surface area (Å²) in [4.78, 5) is 6.53. The standard InChI is InChI=1S/C25H21FN4O3S/c1-15-21(24-28-23(29-33-24)17-5-3-6-18(26)13-17)22(16-8-10-19(31-2)11-9-16)27-25(34)30(15)14-20-7-4-12-32-20/h3-13,22H,14H2,1-2H3,(H,27,34). The molecule has 1 N–H and O–H groups in total. The Hall–Kier alpha value is -3.98. The van der Waals surface area contributed by atoms with Gasteiger partial charge in [0, 0.05) is 11.3 Å². The molecule has 1 unspecified atom stereocenters. The summed E-state index contributed by atoms with van der Waals surface area (Å²) in [5.74, 6) is 1.75. The summed E-state index contributed by atoms with van der Waals surface area (Å²) in [6.45, 7) is 2.39. The smallest absolute Gasteiger partial charge is 0.258 e. The predicted molar refractivity (Wildman–Crippen MR) is 128 cm³/mol. The minimum atomic E-state index is -0.371. The first-order valence-corrected chi connectivity index (χ1v) is 11.0. The molecule has 1 aliphatic rings. The van der Waals surface area contributed by atoms with Crippen LogP contribution in [-0.2, 0) is 6.54 Å². The van der Waals surface area contributed by atoms with Crippen molar-refractivity contribution >= 4 is 22.9 Å². The summed E-state index contributed by atoms with van der Waals surface area (Å²) in [5, 5.41) is 8.05. The molecule has 0 amide bonds. The largest absolute Gasteiger partial charge is 0.497 e. The molecule has 5 rings (SSSR count). The van der Waals surface area contributed by atoms with Crippen molar-refractivity contribution in [2.45, 2.75) is 19.5 Å². The Balaban J connectivity index is 1.59. The minimum Gasteiger partial charge on any atom is -0.497 e. The number of aromatic nitrogens is 2. The molecule has 2 aromatic carbocycles. The number of hydrogen-bond acceptors (Lipinski definition) is 6. The van der Waals surface area contributed by atoms with Gasteiger partial charge in [-0.25, -0.2) is 4.39 Å². The van der Waals surface area contributed by atoms with E-state index >= 15 is 0 Å². The van der Waals surface area contributed by atoms with Crippen molar-refractivity contribution in [3.05, 3.63) is 95.7 Å². The van der Waals surface area contributed by atoms with Crippen LogP contribution in [0.1, 0.15) is 30.2 Å². The lowest BCUT2D eigenvalue weighted by atomic mass is 9.94. The zero-order valence-corrected chi connectivity index (χ0v) is 19.3. The molecule has 7 nitrogen and oxygen atoms in total. The van der Waals surface area contributed by atoms with E-state index in [9.17, 15) is 4.39 Å². The molecule has 0 radical (unpaired) electrons. The Morgan fingerprint density at radius 3 is 2.68 bits per heavy atom. The number of benzene rings is 2. The molecule has 0 saturated carbocycles. The second-order valence-electron chi connectivity index (χ2n) is 7.75. The van der Waals surface area contributed by atoms with Crippen LogP contribution in [0.2, 0.25) is 0 Å². The Bertz CT molecular complexity index is 1350. The van der Waals surface area contributed by atoms with Gasteiger partial charge in [-0.05, 0) is 61.1 Å². The topological polar surface area (TPSA) is 76.6 Å². The molecule has 0 aliphatic carbocycles. The van der Waals surface area contributed by atoms with Gasteiger partial charge in [0.2, 0.25) is 5.82 Å². The molecule has 1 aliphatic heterocycles. The second kappa shape index (κ2) is 9.11. The highest BCUT2D eigenvalue weighted by atomic mass is 32.1. The molecule has 3 heterocycles. The quantitative estimate of drug-likeness (QED) is 0.374. The molecule has 34 heavy (non-hydrogen) atoms. The van der Waals surface area contributed by atoms with Crippen molar-refractivity contribution in [3.8, 4) is 17.1 Å². The van der Waals surface area contributed by atoms with Gasteiger partial charge in [0.25, 0.3) is 5.89 Å². The molecule has 172 valence electrons. The SMILES string of the molecule is COc1ccc(C2NC(=S)N(Cc3ccco3)C(C)=C2c2nc(-c3cccc(F)c3)no2)cc1. The van der Waals surface area contributed by atoms with Gasteiger partial charge in [-0.1, -0.05) is 29.4 Å². The fraction of sp³-hybridized carbons (Fsp3) is 0.160. The summed E-state index contributed by atoms with van der Waals surface area (Å²) in [6.07, 6.45) is 1.62. The van der Waals surface area contributed by atoms with Crippen LogP contribution in [0.3, 0.4) is 0 Å². The van der Waals surface area contributed by atoms with Crippen LogP contribution >= 0.6 is 12.2 Å². The van der Waals surface area contributed by atoms with Gasteiger partial charge in [-0.15, -0.1) is 0 Å². The van der Waals surface area contributed by atoms with Gasteiger partial charge in [0.1, 0.15) is 17.3 Å². The lowest BCUT2D eigenvalue weighted by Gasteiger charge is -2.37. The zero-order valence-electron chi connectivity index (χ0n) is 18.5. The van der Waals surface area contributed by atoms with Crippen molar-refractivity contribution in [2.24, 2.45) is 0 Å². The molecule has 0 bridgehead atoms. The van der Waals surface area contributed by atoms with E-state index in [0.717, 1.165) is 28.3 Å². The van der Waals surface area contributed by atoms with E-state index in [-0.39, 0.29) is 11.9 Å². The summed E-state index contributed by atoms with van der Waals surface area (Å²) < 4.78 is 30.3. The highest BCUT2D eigenvalue weighted by molar-refractivity contribution is 7.80. The Morgan fingerprint density at radius 1 is 1.15 bits per heavy atom. The van der Waals surface area contributed by atoms with Gasteiger partial charge >= 0.3 is 0 Å². The highest BCUT2D eigenvalue weighted by Gasteiger charge is 2.34. The fourth-order valence-corrected chi connectivity index (χ4v) is 4.25. The van der Waals surface area contributed by atoms with Crippen molar-refractivity contribution in [2.75, 3.05) is 7.11 Å². The van der Waals surface area contributed by atoms with Gasteiger partial charge in [0.05, 0.1) is 31.5 Å². The fourth-order valence-electron chi connectivity index (χ4n) is 3.93. The lowest BCUT2D eigenvalue weighted by molar-refractivity contribution is 0.382. The van der Waals surface area contributed by atoms with Crippen LogP contribution in [0.25, 0.3) is 17.0 Å². The minimum absolute atomic E-state index is 0.300. The van der Waals surface area contributed by atoms with Crippen LogP contribution in [0.4, 0.5) is 4.39 Å². The van der Waals surface area contributed by atoms with Crippen molar-refractivity contribution in [3.63, 3.8) is 0 Å². The third kappa shape index (κ3) is 4.17. The van der Waals surface area contributed by atoms with Crippen LogP contribution in [0, 0.1) is 5.82 Å². The van der Waals surface area contributed by atoms with Gasteiger partial charge in [-0.2, -0.15) is 4.98 Å². The second-order valence-corrected chi connectivity index (χ2v) is 8.14. The first-order valence-electron chi connectivity index (χ1n) is 10.6.